The number of methoxy groups -OCH3 is 1. The van der Waals surface area contributed by atoms with E-state index in [2.05, 4.69) is 12.2 Å². The zero-order valence-corrected chi connectivity index (χ0v) is 25.6. The summed E-state index contributed by atoms with van der Waals surface area (Å²) in [6.07, 6.45) is 4.44. The number of aliphatic hydroxyl groups is 1. The van der Waals surface area contributed by atoms with Crippen LogP contribution < -0.4 is 5.32 Å². The van der Waals surface area contributed by atoms with Gasteiger partial charge in [-0.15, -0.1) is 0 Å². The number of nitrogens with one attached hydrogen (secondary N) is 1. The van der Waals surface area contributed by atoms with Gasteiger partial charge in [0.15, 0.2) is 18.4 Å². The van der Waals surface area contributed by atoms with E-state index in [0.717, 1.165) is 18.4 Å². The summed E-state index contributed by atoms with van der Waals surface area (Å²) in [5.74, 6) is -2.83. The molecule has 236 valence electrons. The van der Waals surface area contributed by atoms with Crippen LogP contribution in [0.5, 0.6) is 0 Å². The van der Waals surface area contributed by atoms with Gasteiger partial charge in [-0.25, -0.2) is 4.79 Å². The first-order valence-corrected chi connectivity index (χ1v) is 15.4. The molecule has 0 bridgehead atoms. The molecule has 10 heteroatoms. The number of rotatable bonds is 9. The molecule has 7 atom stereocenters. The standard InChI is InChI=1S/C34H41NO9/c1-32-15-13-22(36)17-21(32)9-10-23-24-14-16-34(42,33(24,2)18-25(37)29(23)32)26(38)19-44-28(40)12-11-27(39)35-30(31(41)43-3)20-7-5-4-6-8-20/h4-8,17,23-24,29-30,42H,9-16,18-19H2,1-3H3,(H,35,39)/t23-,24-,29+,30?,32-,33-,34-/m0/s1. The Morgan fingerprint density at radius 3 is 2.45 bits per heavy atom. The largest absolute Gasteiger partial charge is 0.467 e. The predicted octanol–water partition coefficient (Wildman–Crippen LogP) is 3.35. The maximum Gasteiger partial charge on any atom is 0.333 e. The normalized spacial score (nSPS) is 33.2. The molecule has 3 fully saturated rings. The minimum absolute atomic E-state index is 0.00388. The van der Waals surface area contributed by atoms with E-state index in [1.54, 1.807) is 36.4 Å². The highest BCUT2D eigenvalue weighted by Gasteiger charge is 2.68. The molecule has 1 aromatic carbocycles. The van der Waals surface area contributed by atoms with Crippen LogP contribution in [-0.2, 0) is 38.2 Å². The first-order valence-electron chi connectivity index (χ1n) is 15.4. The number of hydrogen-bond donors (Lipinski definition) is 2. The van der Waals surface area contributed by atoms with E-state index in [1.807, 2.05) is 6.92 Å². The minimum Gasteiger partial charge on any atom is -0.467 e. The van der Waals surface area contributed by atoms with Gasteiger partial charge in [-0.05, 0) is 61.0 Å². The lowest BCUT2D eigenvalue weighted by molar-refractivity contribution is -0.173. The van der Waals surface area contributed by atoms with Gasteiger partial charge in [-0.1, -0.05) is 49.8 Å². The third-order valence-corrected chi connectivity index (χ3v) is 11.1. The second kappa shape index (κ2) is 12.0. The molecule has 1 amide bonds. The molecule has 0 radical (unpaired) electrons. The van der Waals surface area contributed by atoms with Gasteiger partial charge in [0.2, 0.25) is 11.7 Å². The third kappa shape index (κ3) is 5.42. The van der Waals surface area contributed by atoms with Crippen LogP contribution in [0.1, 0.15) is 83.2 Å². The Bertz CT molecular complexity index is 1400. The molecule has 3 saturated carbocycles. The highest BCUT2D eigenvalue weighted by Crippen LogP contribution is 2.66. The molecule has 5 rings (SSSR count). The van der Waals surface area contributed by atoms with Crippen LogP contribution in [0.2, 0.25) is 0 Å². The number of ketones is 3. The van der Waals surface area contributed by atoms with Crippen molar-refractivity contribution >= 4 is 35.2 Å². The first kappa shape index (κ1) is 31.8. The van der Waals surface area contributed by atoms with Gasteiger partial charge in [0.1, 0.15) is 11.4 Å². The summed E-state index contributed by atoms with van der Waals surface area (Å²) < 4.78 is 9.99. The van der Waals surface area contributed by atoms with Gasteiger partial charge in [0.05, 0.1) is 13.5 Å². The van der Waals surface area contributed by atoms with Gasteiger partial charge >= 0.3 is 11.9 Å². The van der Waals surface area contributed by atoms with Crippen LogP contribution in [0.25, 0.3) is 0 Å². The number of hydrogen-bond acceptors (Lipinski definition) is 9. The van der Waals surface area contributed by atoms with Crippen LogP contribution in [0.3, 0.4) is 0 Å². The molecule has 0 aliphatic heterocycles. The van der Waals surface area contributed by atoms with Crippen LogP contribution in [0, 0.1) is 28.6 Å². The number of esters is 2. The summed E-state index contributed by atoms with van der Waals surface area (Å²) in [7, 11) is 1.21. The number of amides is 1. The maximum absolute atomic E-state index is 13.8. The van der Waals surface area contributed by atoms with E-state index < -0.39 is 47.3 Å². The number of carbonyl (C=O) groups excluding carboxylic acids is 6. The predicted molar refractivity (Wildman–Crippen MR) is 157 cm³/mol. The Kier molecular flexibility index (Phi) is 8.68. The molecule has 1 aromatic rings. The molecule has 4 aliphatic carbocycles. The monoisotopic (exact) mass is 607 g/mol. The smallest absolute Gasteiger partial charge is 0.333 e. The lowest BCUT2D eigenvalue weighted by Crippen LogP contribution is -2.61. The van der Waals surface area contributed by atoms with Crippen LogP contribution in [0.4, 0.5) is 0 Å². The molecule has 0 heterocycles. The molecule has 0 saturated heterocycles. The average Bonchev–Trinajstić information content (AvgIpc) is 3.28. The van der Waals surface area contributed by atoms with Crippen molar-refractivity contribution in [3.63, 3.8) is 0 Å². The van der Waals surface area contributed by atoms with E-state index >= 15 is 0 Å². The first-order chi connectivity index (χ1) is 20.8. The van der Waals surface area contributed by atoms with Crippen molar-refractivity contribution in [3.8, 4) is 0 Å². The molecule has 0 spiro atoms. The van der Waals surface area contributed by atoms with E-state index in [1.165, 1.54) is 7.11 Å². The summed E-state index contributed by atoms with van der Waals surface area (Å²) in [6.45, 7) is 3.24. The van der Waals surface area contributed by atoms with Gasteiger partial charge < -0.3 is 19.9 Å². The Balaban J connectivity index is 1.18. The number of fused-ring (bicyclic) bond motifs is 5. The van der Waals surface area contributed by atoms with Crippen molar-refractivity contribution in [1.82, 2.24) is 5.32 Å². The van der Waals surface area contributed by atoms with Gasteiger partial charge in [0.25, 0.3) is 0 Å². The number of ether oxygens (including phenoxy) is 2. The zero-order valence-electron chi connectivity index (χ0n) is 25.6. The van der Waals surface area contributed by atoms with Gasteiger partial charge in [0, 0.05) is 30.6 Å². The lowest BCUT2D eigenvalue weighted by atomic mass is 9.46. The lowest BCUT2D eigenvalue weighted by Gasteiger charge is -2.57. The third-order valence-electron chi connectivity index (χ3n) is 11.1. The SMILES string of the molecule is COC(=O)C(NC(=O)CCC(=O)OCC(=O)[C@@]1(O)CC[C@H]2[C@@H]3CCC4=CC(=O)CC[C@]4(C)[C@H]3C(=O)C[C@@]21C)c1ccccc1. The number of benzene rings is 1. The van der Waals surface area contributed by atoms with E-state index in [9.17, 15) is 33.9 Å². The Morgan fingerprint density at radius 1 is 1.02 bits per heavy atom. The number of carbonyl (C=O) groups is 6. The Labute approximate surface area is 256 Å². The molecule has 1 unspecified atom stereocenters. The fraction of sp³-hybridized carbons (Fsp3) is 0.588. The Hall–Kier alpha value is -3.66. The summed E-state index contributed by atoms with van der Waals surface area (Å²) >= 11 is 0. The average molecular weight is 608 g/mol. The highest BCUT2D eigenvalue weighted by atomic mass is 16.5. The van der Waals surface area contributed by atoms with Crippen LogP contribution in [0.15, 0.2) is 42.0 Å². The topological polar surface area (TPSA) is 153 Å². The highest BCUT2D eigenvalue weighted by molar-refractivity contribution is 5.95. The fourth-order valence-electron chi connectivity index (χ4n) is 8.67. The summed E-state index contributed by atoms with van der Waals surface area (Å²) in [5, 5.41) is 14.4. The second-order valence-corrected chi connectivity index (χ2v) is 13.3. The quantitative estimate of drug-likeness (QED) is 0.403. The Morgan fingerprint density at radius 2 is 1.75 bits per heavy atom. The van der Waals surface area contributed by atoms with E-state index in [0.29, 0.717) is 24.8 Å². The van der Waals surface area contributed by atoms with Crippen molar-refractivity contribution in [2.45, 2.75) is 83.3 Å². The van der Waals surface area contributed by atoms with Crippen molar-refractivity contribution < 1.29 is 43.3 Å². The molecule has 0 aromatic heterocycles. The van der Waals surface area contributed by atoms with E-state index in [4.69, 9.17) is 9.47 Å². The van der Waals surface area contributed by atoms with Crippen molar-refractivity contribution in [2.24, 2.45) is 28.6 Å². The molecule has 4 aliphatic rings. The molecule has 10 nitrogen and oxygen atoms in total. The van der Waals surface area contributed by atoms with Gasteiger partial charge in [-0.3, -0.25) is 24.0 Å². The molecular weight excluding hydrogens is 566 g/mol. The molecule has 2 N–H and O–H groups in total. The molecular formula is C34H41NO9. The summed E-state index contributed by atoms with van der Waals surface area (Å²) in [5.41, 5.74) is -1.61. The van der Waals surface area contributed by atoms with Crippen molar-refractivity contribution in [2.75, 3.05) is 13.7 Å². The maximum atomic E-state index is 13.8. The van der Waals surface area contributed by atoms with Crippen molar-refractivity contribution in [1.29, 1.82) is 0 Å². The fourth-order valence-corrected chi connectivity index (χ4v) is 8.67. The summed E-state index contributed by atoms with van der Waals surface area (Å²) in [6, 6.07) is 7.51. The number of Topliss-reactive ketones (excluding diaryl/α,β-unsaturated/α-hetero) is 2. The van der Waals surface area contributed by atoms with Crippen LogP contribution in [-0.4, -0.2) is 59.6 Å². The number of allylic oxidation sites excluding steroid dienone is 1. The van der Waals surface area contributed by atoms with Crippen LogP contribution >= 0.6 is 0 Å². The van der Waals surface area contributed by atoms with Gasteiger partial charge in [-0.2, -0.15) is 0 Å². The zero-order chi connectivity index (χ0) is 31.9. The van der Waals surface area contributed by atoms with Crippen molar-refractivity contribution in [3.05, 3.63) is 47.5 Å². The summed E-state index contributed by atoms with van der Waals surface area (Å²) in [4.78, 5) is 76.6. The second-order valence-electron chi connectivity index (χ2n) is 13.3. The molecule has 44 heavy (non-hydrogen) atoms. The minimum atomic E-state index is -1.82. The van der Waals surface area contributed by atoms with E-state index in [-0.39, 0.29) is 60.4 Å².